The number of halogens is 2. The van der Waals surface area contributed by atoms with Gasteiger partial charge in [0.25, 0.3) is 5.24 Å². The summed E-state index contributed by atoms with van der Waals surface area (Å²) >= 11 is 8.63. The summed E-state index contributed by atoms with van der Waals surface area (Å²) in [5.74, 6) is 0. The first kappa shape index (κ1) is 9.74. The highest BCUT2D eigenvalue weighted by Crippen LogP contribution is 2.22. The summed E-state index contributed by atoms with van der Waals surface area (Å²) in [6.07, 6.45) is 0.776. The molecular formula is C7H8BrClN2O. The Balaban J connectivity index is 3.28. The minimum atomic E-state index is -0.489. The third kappa shape index (κ3) is 1.54. The topological polar surface area (TPSA) is 34.9 Å². The number of nitrogens with zero attached hydrogens (tertiary/aromatic N) is 2. The lowest BCUT2D eigenvalue weighted by Gasteiger charge is -1.93. The van der Waals surface area contributed by atoms with Crippen LogP contribution in [0, 0.1) is 0 Å². The summed E-state index contributed by atoms with van der Waals surface area (Å²) in [5.41, 5.74) is 1.26. The minimum Gasteiger partial charge on any atom is -0.274 e. The highest BCUT2D eigenvalue weighted by molar-refractivity contribution is 9.10. The standard InChI is InChI=1S/C7H8BrClN2O/c1-3-4-5(8)6(7(9)12)11(2)10-4/h3H2,1-2H3. The first-order chi connectivity index (χ1) is 5.57. The van der Waals surface area contributed by atoms with Gasteiger partial charge in [-0.2, -0.15) is 5.10 Å². The van der Waals surface area contributed by atoms with Crippen LogP contribution in [0.15, 0.2) is 4.47 Å². The monoisotopic (exact) mass is 250 g/mol. The minimum absolute atomic E-state index is 0.411. The van der Waals surface area contributed by atoms with Crippen molar-refractivity contribution < 1.29 is 4.79 Å². The number of hydrogen-bond acceptors (Lipinski definition) is 2. The van der Waals surface area contributed by atoms with Gasteiger partial charge in [-0.25, -0.2) is 0 Å². The SMILES string of the molecule is CCc1nn(C)c(C(=O)Cl)c1Br. The molecule has 0 atom stereocenters. The molecule has 0 N–H and O–H groups in total. The van der Waals surface area contributed by atoms with Crippen molar-refractivity contribution in [2.45, 2.75) is 13.3 Å². The molecule has 1 heterocycles. The first-order valence-corrected chi connectivity index (χ1v) is 4.66. The van der Waals surface area contributed by atoms with Crippen LogP contribution >= 0.6 is 27.5 Å². The Morgan fingerprint density at radius 2 is 2.33 bits per heavy atom. The molecule has 0 amide bonds. The number of rotatable bonds is 2. The molecule has 0 unspecified atom stereocenters. The van der Waals surface area contributed by atoms with Crippen LogP contribution in [0.4, 0.5) is 0 Å². The van der Waals surface area contributed by atoms with E-state index in [0.717, 1.165) is 12.1 Å². The summed E-state index contributed by atoms with van der Waals surface area (Å²) in [6.45, 7) is 1.97. The van der Waals surface area contributed by atoms with Crippen molar-refractivity contribution in [2.24, 2.45) is 7.05 Å². The van der Waals surface area contributed by atoms with Crippen LogP contribution in [0.25, 0.3) is 0 Å². The first-order valence-electron chi connectivity index (χ1n) is 3.49. The third-order valence-corrected chi connectivity index (χ3v) is 2.59. The van der Waals surface area contributed by atoms with Gasteiger partial charge < -0.3 is 0 Å². The Morgan fingerprint density at radius 1 is 1.75 bits per heavy atom. The van der Waals surface area contributed by atoms with Crippen molar-refractivity contribution >= 4 is 32.8 Å². The molecule has 0 saturated heterocycles. The summed E-state index contributed by atoms with van der Waals surface area (Å²) < 4.78 is 2.19. The van der Waals surface area contributed by atoms with Crippen LogP contribution < -0.4 is 0 Å². The smallest absolute Gasteiger partial charge is 0.271 e. The van der Waals surface area contributed by atoms with E-state index in [-0.39, 0.29) is 0 Å². The van der Waals surface area contributed by atoms with Crippen molar-refractivity contribution in [3.8, 4) is 0 Å². The molecule has 0 saturated carbocycles. The van der Waals surface area contributed by atoms with Crippen LogP contribution in [-0.4, -0.2) is 15.0 Å². The molecule has 0 fully saturated rings. The van der Waals surface area contributed by atoms with Gasteiger partial charge in [-0.15, -0.1) is 0 Å². The maximum absolute atomic E-state index is 10.9. The van der Waals surface area contributed by atoms with Gasteiger partial charge in [0, 0.05) is 7.05 Å². The van der Waals surface area contributed by atoms with Gasteiger partial charge in [-0.1, -0.05) is 6.92 Å². The molecule has 0 aliphatic carbocycles. The molecule has 1 aromatic heterocycles. The lowest BCUT2D eigenvalue weighted by atomic mass is 10.3. The maximum atomic E-state index is 10.9. The molecule has 0 radical (unpaired) electrons. The van der Waals surface area contributed by atoms with Crippen LogP contribution in [-0.2, 0) is 13.5 Å². The number of hydrogen-bond donors (Lipinski definition) is 0. The molecule has 0 spiro atoms. The fourth-order valence-corrected chi connectivity index (χ4v) is 2.12. The molecule has 0 aliphatic heterocycles. The van der Waals surface area contributed by atoms with Crippen molar-refractivity contribution in [1.82, 2.24) is 9.78 Å². The molecular weight excluding hydrogens is 243 g/mol. The van der Waals surface area contributed by atoms with Crippen molar-refractivity contribution in [2.75, 3.05) is 0 Å². The number of aryl methyl sites for hydroxylation is 2. The fraction of sp³-hybridized carbons (Fsp3) is 0.429. The average Bonchev–Trinajstić information content (AvgIpc) is 2.25. The normalized spacial score (nSPS) is 10.3. The van der Waals surface area contributed by atoms with Crippen molar-refractivity contribution in [1.29, 1.82) is 0 Å². The molecule has 0 bridgehead atoms. The highest BCUT2D eigenvalue weighted by atomic mass is 79.9. The lowest BCUT2D eigenvalue weighted by Crippen LogP contribution is -2.01. The zero-order valence-electron chi connectivity index (χ0n) is 6.77. The Hall–Kier alpha value is -0.350. The highest BCUT2D eigenvalue weighted by Gasteiger charge is 2.16. The van der Waals surface area contributed by atoms with E-state index in [9.17, 15) is 4.79 Å². The third-order valence-electron chi connectivity index (χ3n) is 1.58. The molecule has 0 aromatic carbocycles. The zero-order chi connectivity index (χ0) is 9.30. The molecule has 3 nitrogen and oxygen atoms in total. The van der Waals surface area contributed by atoms with Crippen molar-refractivity contribution in [3.05, 3.63) is 15.9 Å². The molecule has 5 heteroatoms. The Labute approximate surface area is 83.8 Å². The van der Waals surface area contributed by atoms with Gasteiger partial charge in [0.05, 0.1) is 10.2 Å². The molecule has 1 rings (SSSR count). The predicted octanol–water partition coefficient (Wildman–Crippen LogP) is 2.12. The average molecular weight is 252 g/mol. The van der Waals surface area contributed by atoms with Gasteiger partial charge in [0.15, 0.2) is 0 Å². The van der Waals surface area contributed by atoms with E-state index >= 15 is 0 Å². The molecule has 0 aliphatic rings. The Morgan fingerprint density at radius 3 is 2.58 bits per heavy atom. The second kappa shape index (κ2) is 3.58. The largest absolute Gasteiger partial charge is 0.274 e. The molecule has 12 heavy (non-hydrogen) atoms. The second-order valence-electron chi connectivity index (χ2n) is 2.36. The summed E-state index contributed by atoms with van der Waals surface area (Å²) in [4.78, 5) is 10.9. The predicted molar refractivity (Wildman–Crippen MR) is 50.5 cm³/mol. The van der Waals surface area contributed by atoms with E-state index in [1.54, 1.807) is 7.05 Å². The second-order valence-corrected chi connectivity index (χ2v) is 3.50. The Bertz CT molecular complexity index is 321. The number of carbonyl (C=O) groups is 1. The van der Waals surface area contributed by atoms with Gasteiger partial charge in [-0.05, 0) is 34.0 Å². The summed E-state index contributed by atoms with van der Waals surface area (Å²) in [6, 6.07) is 0. The van der Waals surface area contributed by atoms with E-state index in [2.05, 4.69) is 21.0 Å². The molecule has 66 valence electrons. The molecule has 1 aromatic rings. The summed E-state index contributed by atoms with van der Waals surface area (Å²) in [7, 11) is 1.69. The van der Waals surface area contributed by atoms with Gasteiger partial charge in [-0.3, -0.25) is 9.48 Å². The van der Waals surface area contributed by atoms with E-state index in [1.807, 2.05) is 6.92 Å². The van der Waals surface area contributed by atoms with Crippen LogP contribution in [0.1, 0.15) is 23.1 Å². The van der Waals surface area contributed by atoms with Gasteiger partial charge in [0.2, 0.25) is 0 Å². The van der Waals surface area contributed by atoms with E-state index in [1.165, 1.54) is 4.68 Å². The van der Waals surface area contributed by atoms with E-state index < -0.39 is 5.24 Å². The van der Waals surface area contributed by atoms with Gasteiger partial charge in [0.1, 0.15) is 5.69 Å². The number of aromatic nitrogens is 2. The number of carbonyl (C=O) groups excluding carboxylic acids is 1. The fourth-order valence-electron chi connectivity index (χ4n) is 0.993. The van der Waals surface area contributed by atoms with Crippen LogP contribution in [0.2, 0.25) is 0 Å². The van der Waals surface area contributed by atoms with E-state index in [0.29, 0.717) is 10.2 Å². The van der Waals surface area contributed by atoms with E-state index in [4.69, 9.17) is 11.6 Å². The lowest BCUT2D eigenvalue weighted by molar-refractivity contribution is 0.107. The zero-order valence-corrected chi connectivity index (χ0v) is 9.11. The Kier molecular flexibility index (Phi) is 2.90. The maximum Gasteiger partial charge on any atom is 0.271 e. The van der Waals surface area contributed by atoms with Crippen molar-refractivity contribution in [3.63, 3.8) is 0 Å². The van der Waals surface area contributed by atoms with Crippen LogP contribution in [0.5, 0.6) is 0 Å². The quantitative estimate of drug-likeness (QED) is 0.755. The van der Waals surface area contributed by atoms with Gasteiger partial charge >= 0.3 is 0 Å². The summed E-state index contributed by atoms with van der Waals surface area (Å²) in [5, 5.41) is 3.63. The van der Waals surface area contributed by atoms with Crippen LogP contribution in [0.3, 0.4) is 0 Å².